The maximum Gasteiger partial charge on any atom is 0.338 e. The second-order valence-electron chi connectivity index (χ2n) is 4.90. The average molecular weight is 289 g/mol. The molecule has 1 heterocycles. The highest BCUT2D eigenvalue weighted by atomic mass is 16.5. The molecule has 7 nitrogen and oxygen atoms in total. The number of nitrogens with two attached hydrogens (primary N) is 1. The molecule has 0 aliphatic carbocycles. The molecule has 0 amide bonds. The molecule has 21 heavy (non-hydrogen) atoms. The number of esters is 1. The van der Waals surface area contributed by atoms with Gasteiger partial charge in [0.2, 0.25) is 0 Å². The molecular formula is C14H19N5O2. The van der Waals surface area contributed by atoms with Gasteiger partial charge in [0.1, 0.15) is 0 Å². The normalized spacial score (nSPS) is 10.9. The van der Waals surface area contributed by atoms with Gasteiger partial charge in [-0.25, -0.2) is 4.79 Å². The molecule has 0 fully saturated rings. The number of aryl methyl sites for hydroxylation is 1. The quantitative estimate of drug-likeness (QED) is 0.800. The Hall–Kier alpha value is -2.28. The predicted molar refractivity (Wildman–Crippen MR) is 77.1 cm³/mol. The predicted octanol–water partition coefficient (Wildman–Crippen LogP) is 1.12. The zero-order valence-corrected chi connectivity index (χ0v) is 12.2. The van der Waals surface area contributed by atoms with Crippen LogP contribution in [0.15, 0.2) is 24.3 Å². The molecular weight excluding hydrogens is 270 g/mol. The van der Waals surface area contributed by atoms with Crippen LogP contribution in [0.25, 0.3) is 5.69 Å². The summed E-state index contributed by atoms with van der Waals surface area (Å²) in [6, 6.07) is 7.04. The van der Waals surface area contributed by atoms with Crippen LogP contribution in [0.3, 0.4) is 0 Å². The maximum absolute atomic E-state index is 11.9. The van der Waals surface area contributed by atoms with E-state index >= 15 is 0 Å². The zero-order valence-electron chi connectivity index (χ0n) is 12.2. The summed E-state index contributed by atoms with van der Waals surface area (Å²) < 4.78 is 6.80. The van der Waals surface area contributed by atoms with Crippen molar-refractivity contribution in [3.63, 3.8) is 0 Å². The summed E-state index contributed by atoms with van der Waals surface area (Å²) in [7, 11) is 0. The van der Waals surface area contributed by atoms with Crippen LogP contribution in [0.2, 0.25) is 0 Å². The SMILES string of the molecule is CC(C)OC(=O)c1cccc(-n2nnnc2CCCN)c1. The largest absolute Gasteiger partial charge is 0.459 e. The summed E-state index contributed by atoms with van der Waals surface area (Å²) in [6.45, 7) is 4.20. The van der Waals surface area contributed by atoms with Gasteiger partial charge in [0.25, 0.3) is 0 Å². The Kier molecular flexibility index (Phi) is 4.99. The van der Waals surface area contributed by atoms with Crippen molar-refractivity contribution in [2.75, 3.05) is 6.54 Å². The number of benzene rings is 1. The number of rotatable bonds is 6. The van der Waals surface area contributed by atoms with E-state index in [2.05, 4.69) is 15.5 Å². The van der Waals surface area contributed by atoms with Crippen LogP contribution in [0.5, 0.6) is 0 Å². The van der Waals surface area contributed by atoms with Crippen LogP contribution in [0, 0.1) is 0 Å². The zero-order chi connectivity index (χ0) is 15.2. The summed E-state index contributed by atoms with van der Waals surface area (Å²) in [5.74, 6) is 0.359. The van der Waals surface area contributed by atoms with E-state index in [0.29, 0.717) is 18.5 Å². The highest BCUT2D eigenvalue weighted by Gasteiger charge is 2.12. The van der Waals surface area contributed by atoms with Gasteiger partial charge in [0, 0.05) is 6.42 Å². The van der Waals surface area contributed by atoms with Gasteiger partial charge in [-0.15, -0.1) is 5.10 Å². The minimum absolute atomic E-state index is 0.158. The van der Waals surface area contributed by atoms with Crippen LogP contribution >= 0.6 is 0 Å². The smallest absolute Gasteiger partial charge is 0.338 e. The van der Waals surface area contributed by atoms with Crippen molar-refractivity contribution in [1.29, 1.82) is 0 Å². The summed E-state index contributed by atoms with van der Waals surface area (Å²) in [5.41, 5.74) is 6.71. The van der Waals surface area contributed by atoms with E-state index in [1.807, 2.05) is 19.9 Å². The van der Waals surface area contributed by atoms with E-state index < -0.39 is 0 Å². The van der Waals surface area contributed by atoms with Crippen molar-refractivity contribution in [2.45, 2.75) is 32.8 Å². The number of hydrogen-bond acceptors (Lipinski definition) is 6. The van der Waals surface area contributed by atoms with Crippen LogP contribution in [-0.2, 0) is 11.2 Å². The number of hydrogen-bond donors (Lipinski definition) is 1. The molecule has 112 valence electrons. The third-order valence-electron chi connectivity index (χ3n) is 2.81. The van der Waals surface area contributed by atoms with Gasteiger partial charge in [-0.3, -0.25) is 0 Å². The van der Waals surface area contributed by atoms with Crippen molar-refractivity contribution in [2.24, 2.45) is 5.73 Å². The molecule has 1 aromatic heterocycles. The molecule has 0 saturated carbocycles. The lowest BCUT2D eigenvalue weighted by Gasteiger charge is -2.09. The first-order valence-corrected chi connectivity index (χ1v) is 6.90. The molecule has 0 atom stereocenters. The van der Waals surface area contributed by atoms with E-state index in [1.165, 1.54) is 0 Å². The Morgan fingerprint density at radius 3 is 2.95 bits per heavy atom. The van der Waals surface area contributed by atoms with Gasteiger partial charge in [0.15, 0.2) is 5.82 Å². The number of nitrogens with zero attached hydrogens (tertiary/aromatic N) is 4. The van der Waals surface area contributed by atoms with E-state index in [-0.39, 0.29) is 12.1 Å². The fraction of sp³-hybridized carbons (Fsp3) is 0.429. The molecule has 0 aliphatic heterocycles. The summed E-state index contributed by atoms with van der Waals surface area (Å²) >= 11 is 0. The lowest BCUT2D eigenvalue weighted by molar-refractivity contribution is 0.0378. The first kappa shape index (κ1) is 15.1. The van der Waals surface area contributed by atoms with E-state index in [9.17, 15) is 4.79 Å². The molecule has 0 unspecified atom stereocenters. The Balaban J connectivity index is 2.25. The van der Waals surface area contributed by atoms with Crippen LogP contribution < -0.4 is 5.73 Å². The van der Waals surface area contributed by atoms with Gasteiger partial charge in [-0.1, -0.05) is 6.07 Å². The molecule has 0 radical (unpaired) electrons. The summed E-state index contributed by atoms with van der Waals surface area (Å²) in [6.07, 6.45) is 1.33. The molecule has 7 heteroatoms. The Morgan fingerprint density at radius 2 is 2.24 bits per heavy atom. The molecule has 0 spiro atoms. The fourth-order valence-corrected chi connectivity index (χ4v) is 1.87. The topological polar surface area (TPSA) is 95.9 Å². The third kappa shape index (κ3) is 3.85. The summed E-state index contributed by atoms with van der Waals surface area (Å²) in [5, 5.41) is 11.6. The summed E-state index contributed by atoms with van der Waals surface area (Å²) in [4.78, 5) is 11.9. The number of ether oxygens (including phenoxy) is 1. The van der Waals surface area contributed by atoms with Crippen molar-refractivity contribution in [3.05, 3.63) is 35.7 Å². The van der Waals surface area contributed by atoms with Gasteiger partial charge < -0.3 is 10.5 Å². The Morgan fingerprint density at radius 1 is 1.43 bits per heavy atom. The first-order chi connectivity index (χ1) is 10.1. The molecule has 1 aromatic carbocycles. The van der Waals surface area contributed by atoms with Crippen LogP contribution in [0.1, 0.15) is 36.5 Å². The second-order valence-corrected chi connectivity index (χ2v) is 4.90. The molecule has 2 rings (SSSR count). The van der Waals surface area contributed by atoms with Gasteiger partial charge >= 0.3 is 5.97 Å². The van der Waals surface area contributed by atoms with Gasteiger partial charge in [-0.2, -0.15) is 4.68 Å². The highest BCUT2D eigenvalue weighted by Crippen LogP contribution is 2.13. The standard InChI is InChI=1S/C14H19N5O2/c1-10(2)21-14(20)11-5-3-6-12(9-11)19-13(7-4-8-15)16-17-18-19/h3,5-6,9-10H,4,7-8,15H2,1-2H3. The number of tetrazole rings is 1. The minimum atomic E-state index is -0.358. The molecule has 0 aliphatic rings. The van der Waals surface area contributed by atoms with E-state index in [4.69, 9.17) is 10.5 Å². The molecule has 0 bridgehead atoms. The monoisotopic (exact) mass is 289 g/mol. The van der Waals surface area contributed by atoms with Crippen LogP contribution in [-0.4, -0.2) is 38.8 Å². The van der Waals surface area contributed by atoms with Gasteiger partial charge in [0.05, 0.1) is 17.4 Å². The minimum Gasteiger partial charge on any atom is -0.459 e. The van der Waals surface area contributed by atoms with E-state index in [1.54, 1.807) is 22.9 Å². The highest BCUT2D eigenvalue weighted by molar-refractivity contribution is 5.90. The third-order valence-corrected chi connectivity index (χ3v) is 2.81. The second kappa shape index (κ2) is 6.94. The van der Waals surface area contributed by atoms with E-state index in [0.717, 1.165) is 17.9 Å². The number of carbonyl (C=O) groups is 1. The fourth-order valence-electron chi connectivity index (χ4n) is 1.87. The Bertz CT molecular complexity index is 609. The van der Waals surface area contributed by atoms with Gasteiger partial charge in [-0.05, 0) is 55.4 Å². The van der Waals surface area contributed by atoms with Crippen molar-refractivity contribution in [3.8, 4) is 5.69 Å². The lowest BCUT2D eigenvalue weighted by Crippen LogP contribution is -2.12. The molecule has 0 saturated heterocycles. The van der Waals surface area contributed by atoms with Crippen LogP contribution in [0.4, 0.5) is 0 Å². The first-order valence-electron chi connectivity index (χ1n) is 6.90. The number of carbonyl (C=O) groups excluding carboxylic acids is 1. The maximum atomic E-state index is 11.9. The van der Waals surface area contributed by atoms with Crippen molar-refractivity contribution < 1.29 is 9.53 Å². The Labute approximate surface area is 123 Å². The number of aromatic nitrogens is 4. The molecule has 2 aromatic rings. The average Bonchev–Trinajstić information content (AvgIpc) is 2.93. The molecule has 2 N–H and O–H groups in total. The van der Waals surface area contributed by atoms with Crippen molar-refractivity contribution >= 4 is 5.97 Å². The lowest BCUT2D eigenvalue weighted by atomic mass is 10.2. The van der Waals surface area contributed by atoms with Crippen molar-refractivity contribution in [1.82, 2.24) is 20.2 Å².